The van der Waals surface area contributed by atoms with Crippen LogP contribution in [-0.4, -0.2) is 30.8 Å². The number of aliphatic hydroxyl groups excluding tert-OH is 1. The predicted molar refractivity (Wildman–Crippen MR) is 131 cm³/mol. The maximum Gasteiger partial charge on any atom is 0.355 e. The third-order valence-corrected chi connectivity index (χ3v) is 6.09. The Bertz CT molecular complexity index is 1380. The number of aromatic amines is 1. The van der Waals surface area contributed by atoms with Crippen LogP contribution in [0.25, 0.3) is 0 Å². The van der Waals surface area contributed by atoms with Gasteiger partial charge in [-0.15, -0.1) is 12.3 Å². The molecule has 1 aromatic carbocycles. The standard InChI is InChI=1S/C25H27N5O5/c1-2-17-3-5-18(6-4-17)16-30-23(28-24(33)29(13-14-31)25(30)34)27-19-7-9-20(10-8-19)35-21-11-12-26-22(32)15-21/h1,7-12,15,17-18,31H,3-6,13-14,16H2,(H,26,32)(H,27,28,33). The van der Waals surface area contributed by atoms with E-state index >= 15 is 0 Å². The first-order chi connectivity index (χ1) is 17.0. The van der Waals surface area contributed by atoms with E-state index in [0.717, 1.165) is 30.3 Å². The molecular weight excluding hydrogens is 450 g/mol. The number of anilines is 2. The summed E-state index contributed by atoms with van der Waals surface area (Å²) in [5, 5.41) is 12.4. The van der Waals surface area contributed by atoms with E-state index in [4.69, 9.17) is 11.2 Å². The zero-order valence-corrected chi connectivity index (χ0v) is 19.1. The normalized spacial score (nSPS) is 17.5. The highest BCUT2D eigenvalue weighted by Crippen LogP contribution is 2.30. The van der Waals surface area contributed by atoms with Crippen LogP contribution in [0.3, 0.4) is 0 Å². The highest BCUT2D eigenvalue weighted by atomic mass is 16.5. The van der Waals surface area contributed by atoms with Crippen molar-refractivity contribution in [3.8, 4) is 23.8 Å². The number of hydrogen-bond acceptors (Lipinski definition) is 7. The molecule has 0 unspecified atom stereocenters. The zero-order chi connectivity index (χ0) is 24.8. The van der Waals surface area contributed by atoms with Gasteiger partial charge in [-0.05, 0) is 61.9 Å². The van der Waals surface area contributed by atoms with Crippen molar-refractivity contribution in [2.24, 2.45) is 11.8 Å². The number of aliphatic hydroxyl groups is 1. The second kappa shape index (κ2) is 10.9. The van der Waals surface area contributed by atoms with Gasteiger partial charge in [0.25, 0.3) is 5.56 Å². The third-order valence-electron chi connectivity index (χ3n) is 6.09. The fourth-order valence-corrected chi connectivity index (χ4v) is 4.21. The largest absolute Gasteiger partial charge is 0.457 e. The molecule has 4 rings (SSSR count). The summed E-state index contributed by atoms with van der Waals surface area (Å²) in [5.74, 6) is 4.34. The van der Waals surface area contributed by atoms with Crippen molar-refractivity contribution in [2.75, 3.05) is 11.9 Å². The van der Waals surface area contributed by atoms with E-state index in [1.54, 1.807) is 30.3 Å². The molecule has 2 heterocycles. The predicted octanol–water partition coefficient (Wildman–Crippen LogP) is 2.06. The lowest BCUT2D eigenvalue weighted by molar-refractivity contribution is 0.260. The highest BCUT2D eigenvalue weighted by Gasteiger charge is 2.23. The van der Waals surface area contributed by atoms with Gasteiger partial charge in [0.15, 0.2) is 0 Å². The third kappa shape index (κ3) is 5.88. The second-order valence-electron chi connectivity index (χ2n) is 8.51. The molecule has 1 fully saturated rings. The van der Waals surface area contributed by atoms with Gasteiger partial charge in [0, 0.05) is 30.4 Å². The quantitative estimate of drug-likeness (QED) is 0.423. The molecule has 10 heteroatoms. The van der Waals surface area contributed by atoms with Crippen molar-refractivity contribution < 1.29 is 9.84 Å². The molecule has 0 saturated heterocycles. The number of nitrogens with one attached hydrogen (secondary N) is 2. The van der Waals surface area contributed by atoms with Gasteiger partial charge < -0.3 is 20.1 Å². The van der Waals surface area contributed by atoms with Crippen molar-refractivity contribution in [2.45, 2.75) is 38.8 Å². The lowest BCUT2D eigenvalue weighted by atomic mass is 9.82. The molecule has 0 radical (unpaired) electrons. The van der Waals surface area contributed by atoms with Gasteiger partial charge in [-0.1, -0.05) is 0 Å². The number of terminal acetylenes is 1. The van der Waals surface area contributed by atoms with Crippen molar-refractivity contribution in [1.82, 2.24) is 19.1 Å². The summed E-state index contributed by atoms with van der Waals surface area (Å²) in [6.45, 7) is -0.0737. The van der Waals surface area contributed by atoms with Crippen LogP contribution < -0.4 is 27.0 Å². The molecule has 3 N–H and O–H groups in total. The van der Waals surface area contributed by atoms with E-state index in [2.05, 4.69) is 21.2 Å². The molecule has 1 aliphatic carbocycles. The van der Waals surface area contributed by atoms with E-state index in [0.29, 0.717) is 23.7 Å². The zero-order valence-electron chi connectivity index (χ0n) is 19.1. The van der Waals surface area contributed by atoms with Crippen LogP contribution in [0.1, 0.15) is 25.7 Å². The van der Waals surface area contributed by atoms with Crippen LogP contribution in [-0.2, 0) is 13.1 Å². The Hall–Kier alpha value is -4.10. The number of benzene rings is 1. The Balaban J connectivity index is 1.57. The van der Waals surface area contributed by atoms with Crippen molar-refractivity contribution in [1.29, 1.82) is 0 Å². The lowest BCUT2D eigenvalue weighted by Gasteiger charge is -2.27. The molecule has 1 saturated carbocycles. The van der Waals surface area contributed by atoms with Gasteiger partial charge in [0.2, 0.25) is 5.95 Å². The maximum atomic E-state index is 13.1. The molecule has 3 aromatic rings. The van der Waals surface area contributed by atoms with Gasteiger partial charge in [0.05, 0.1) is 13.2 Å². The first kappa shape index (κ1) is 24.0. The SMILES string of the molecule is C#CC1CCC(Cn2c(Nc3ccc(Oc4cc[nH]c(=O)c4)cc3)nc(=O)n(CCO)c2=O)CC1. The van der Waals surface area contributed by atoms with Crippen molar-refractivity contribution in [3.63, 3.8) is 0 Å². The monoisotopic (exact) mass is 477 g/mol. The van der Waals surface area contributed by atoms with Gasteiger partial charge >= 0.3 is 11.4 Å². The molecule has 182 valence electrons. The second-order valence-corrected chi connectivity index (χ2v) is 8.51. The van der Waals surface area contributed by atoms with Crippen LogP contribution in [0.15, 0.2) is 57.0 Å². The van der Waals surface area contributed by atoms with E-state index in [-0.39, 0.29) is 36.5 Å². The Labute approximate surface area is 201 Å². The Kier molecular flexibility index (Phi) is 7.48. The number of pyridine rings is 1. The number of hydrogen-bond donors (Lipinski definition) is 3. The Morgan fingerprint density at radius 1 is 1.09 bits per heavy atom. The average Bonchev–Trinajstić information content (AvgIpc) is 2.86. The summed E-state index contributed by atoms with van der Waals surface area (Å²) >= 11 is 0. The number of rotatable bonds is 8. The van der Waals surface area contributed by atoms with Crippen molar-refractivity contribution >= 4 is 11.6 Å². The van der Waals surface area contributed by atoms with E-state index in [1.807, 2.05) is 0 Å². The van der Waals surface area contributed by atoms with Crippen LogP contribution in [0, 0.1) is 24.2 Å². The minimum atomic E-state index is -0.729. The maximum absolute atomic E-state index is 13.1. The number of aromatic nitrogens is 4. The summed E-state index contributed by atoms with van der Waals surface area (Å²) < 4.78 is 8.08. The fourth-order valence-electron chi connectivity index (χ4n) is 4.21. The van der Waals surface area contributed by atoms with Crippen LogP contribution >= 0.6 is 0 Å². The topological polar surface area (TPSA) is 131 Å². The number of ether oxygens (including phenoxy) is 1. The summed E-state index contributed by atoms with van der Waals surface area (Å²) in [5.41, 5.74) is -0.921. The molecule has 10 nitrogen and oxygen atoms in total. The molecule has 35 heavy (non-hydrogen) atoms. The first-order valence-electron chi connectivity index (χ1n) is 11.5. The van der Waals surface area contributed by atoms with Crippen molar-refractivity contribution in [3.05, 3.63) is 73.9 Å². The fraction of sp³-hybridized carbons (Fsp3) is 0.360. The highest BCUT2D eigenvalue weighted by molar-refractivity contribution is 5.55. The summed E-state index contributed by atoms with van der Waals surface area (Å²) in [6.07, 6.45) is 10.6. The smallest absolute Gasteiger partial charge is 0.355 e. The van der Waals surface area contributed by atoms with E-state index in [1.165, 1.54) is 16.8 Å². The van der Waals surface area contributed by atoms with Crippen LogP contribution in [0.5, 0.6) is 11.5 Å². The van der Waals surface area contributed by atoms with Gasteiger partial charge in [-0.2, -0.15) is 4.98 Å². The van der Waals surface area contributed by atoms with Crippen LogP contribution in [0.2, 0.25) is 0 Å². The lowest BCUT2D eigenvalue weighted by Crippen LogP contribution is -2.44. The summed E-state index contributed by atoms with van der Waals surface area (Å²) in [4.78, 5) is 43.6. The van der Waals surface area contributed by atoms with Gasteiger partial charge in [-0.3, -0.25) is 9.36 Å². The summed E-state index contributed by atoms with van der Waals surface area (Å²) in [6, 6.07) is 9.80. The molecule has 0 atom stereocenters. The number of nitrogens with zero attached hydrogens (tertiary/aromatic N) is 3. The molecule has 0 amide bonds. The Morgan fingerprint density at radius 2 is 1.83 bits per heavy atom. The number of H-pyrrole nitrogens is 1. The van der Waals surface area contributed by atoms with E-state index < -0.39 is 11.4 Å². The molecule has 0 bridgehead atoms. The molecular formula is C25H27N5O5. The minimum absolute atomic E-state index is 0.122. The summed E-state index contributed by atoms with van der Waals surface area (Å²) in [7, 11) is 0. The minimum Gasteiger partial charge on any atom is -0.457 e. The molecule has 2 aromatic heterocycles. The average molecular weight is 478 g/mol. The first-order valence-corrected chi connectivity index (χ1v) is 11.5. The van der Waals surface area contributed by atoms with Crippen LogP contribution in [0.4, 0.5) is 11.6 Å². The Morgan fingerprint density at radius 3 is 2.49 bits per heavy atom. The molecule has 0 aliphatic heterocycles. The van der Waals surface area contributed by atoms with Gasteiger partial charge in [-0.25, -0.2) is 14.2 Å². The van der Waals surface area contributed by atoms with E-state index in [9.17, 15) is 19.5 Å². The molecule has 1 aliphatic rings. The molecule has 0 spiro atoms. The van der Waals surface area contributed by atoms with Gasteiger partial charge in [0.1, 0.15) is 11.5 Å².